The number of carbonyl (C=O) groups is 1. The average molecular weight is 423 g/mol. The Morgan fingerprint density at radius 1 is 1.23 bits per heavy atom. The molecule has 0 radical (unpaired) electrons. The molecule has 3 rings (SSSR count). The molecule has 1 aromatic rings. The van der Waals surface area contributed by atoms with Gasteiger partial charge in [-0.05, 0) is 55.6 Å². The number of halogens is 2. The van der Waals surface area contributed by atoms with Crippen molar-refractivity contribution < 1.29 is 28.5 Å². The Labute approximate surface area is 176 Å². The largest absolute Gasteiger partial charge is 0.481 e. The van der Waals surface area contributed by atoms with Crippen molar-refractivity contribution in [2.24, 2.45) is 17.8 Å². The number of carboxylic acids is 1. The van der Waals surface area contributed by atoms with Gasteiger partial charge in [-0.3, -0.25) is 4.79 Å². The maximum atomic E-state index is 14.4. The van der Waals surface area contributed by atoms with Crippen LogP contribution in [0.15, 0.2) is 42.5 Å². The third-order valence-electron chi connectivity index (χ3n) is 6.50. The SMILES string of the molecule is O=C(O)CCCC1CC[C@@H]2[C@@H](/C=C/C(F)(F)CCc3ccccc3)[C@H](O)C[C@@H]2OC1. The molecule has 0 bridgehead atoms. The van der Waals surface area contributed by atoms with E-state index in [1.54, 1.807) is 0 Å². The molecule has 0 aromatic heterocycles. The minimum absolute atomic E-state index is 0.0330. The number of aliphatic hydroxyl groups excluding tert-OH is 1. The first kappa shape index (κ1) is 22.9. The first-order chi connectivity index (χ1) is 14.3. The van der Waals surface area contributed by atoms with E-state index in [9.17, 15) is 18.7 Å². The van der Waals surface area contributed by atoms with Crippen LogP contribution >= 0.6 is 0 Å². The van der Waals surface area contributed by atoms with E-state index in [0.717, 1.165) is 30.9 Å². The number of fused-ring (bicyclic) bond motifs is 1. The van der Waals surface area contributed by atoms with Gasteiger partial charge in [-0.1, -0.05) is 36.4 Å². The summed E-state index contributed by atoms with van der Waals surface area (Å²) in [6.45, 7) is 0.553. The van der Waals surface area contributed by atoms with Crippen molar-refractivity contribution in [3.05, 3.63) is 48.0 Å². The lowest BCUT2D eigenvalue weighted by atomic mass is 9.86. The van der Waals surface area contributed by atoms with Crippen molar-refractivity contribution in [2.45, 2.75) is 69.5 Å². The van der Waals surface area contributed by atoms with Gasteiger partial charge in [0.25, 0.3) is 5.92 Å². The van der Waals surface area contributed by atoms with Crippen LogP contribution in [0.4, 0.5) is 8.78 Å². The van der Waals surface area contributed by atoms with Crippen molar-refractivity contribution in [3.8, 4) is 0 Å². The van der Waals surface area contributed by atoms with Crippen LogP contribution < -0.4 is 0 Å². The van der Waals surface area contributed by atoms with Crippen LogP contribution in [0.25, 0.3) is 0 Å². The molecule has 166 valence electrons. The Morgan fingerprint density at radius 3 is 2.73 bits per heavy atom. The van der Waals surface area contributed by atoms with E-state index < -0.39 is 18.0 Å². The van der Waals surface area contributed by atoms with Gasteiger partial charge in [-0.2, -0.15) is 0 Å². The van der Waals surface area contributed by atoms with Gasteiger partial charge >= 0.3 is 5.97 Å². The fraction of sp³-hybridized carbons (Fsp3) is 0.625. The first-order valence-corrected chi connectivity index (χ1v) is 11.0. The molecule has 1 unspecified atom stereocenters. The highest BCUT2D eigenvalue weighted by atomic mass is 19.3. The van der Waals surface area contributed by atoms with Gasteiger partial charge in [-0.25, -0.2) is 8.78 Å². The predicted molar refractivity (Wildman–Crippen MR) is 110 cm³/mol. The minimum Gasteiger partial charge on any atom is -0.481 e. The maximum Gasteiger partial charge on any atom is 0.303 e. The van der Waals surface area contributed by atoms with Crippen LogP contribution in [0.5, 0.6) is 0 Å². The maximum absolute atomic E-state index is 14.4. The van der Waals surface area contributed by atoms with E-state index >= 15 is 0 Å². The molecule has 1 aromatic carbocycles. The molecule has 2 N–H and O–H groups in total. The molecule has 5 atom stereocenters. The Balaban J connectivity index is 1.54. The molecular formula is C24H32F2O4. The topological polar surface area (TPSA) is 66.8 Å². The zero-order chi connectivity index (χ0) is 21.6. The predicted octanol–water partition coefficient (Wildman–Crippen LogP) is 4.86. The average Bonchev–Trinajstić information content (AvgIpc) is 2.88. The molecule has 1 aliphatic carbocycles. The third kappa shape index (κ3) is 6.61. The van der Waals surface area contributed by atoms with E-state index in [0.29, 0.717) is 31.8 Å². The van der Waals surface area contributed by atoms with Gasteiger partial charge < -0.3 is 14.9 Å². The number of hydrogen-bond acceptors (Lipinski definition) is 3. The molecular weight excluding hydrogens is 390 g/mol. The van der Waals surface area contributed by atoms with Crippen molar-refractivity contribution in [1.29, 1.82) is 0 Å². The van der Waals surface area contributed by atoms with Gasteiger partial charge in [-0.15, -0.1) is 0 Å². The van der Waals surface area contributed by atoms with Gasteiger partial charge in [0, 0.05) is 31.8 Å². The molecule has 1 aliphatic heterocycles. The van der Waals surface area contributed by atoms with Crippen LogP contribution in [0, 0.1) is 17.8 Å². The molecule has 1 saturated carbocycles. The number of allylic oxidation sites excluding steroid dienone is 1. The number of aryl methyl sites for hydroxylation is 1. The number of carboxylic acid groups (broad SMARTS) is 1. The highest BCUT2D eigenvalue weighted by Gasteiger charge is 2.43. The monoisotopic (exact) mass is 422 g/mol. The molecule has 30 heavy (non-hydrogen) atoms. The smallest absolute Gasteiger partial charge is 0.303 e. The molecule has 6 heteroatoms. The summed E-state index contributed by atoms with van der Waals surface area (Å²) in [4.78, 5) is 10.7. The van der Waals surface area contributed by atoms with E-state index in [2.05, 4.69) is 0 Å². The quantitative estimate of drug-likeness (QED) is 0.558. The summed E-state index contributed by atoms with van der Waals surface area (Å²) in [6.07, 6.45) is 5.49. The van der Waals surface area contributed by atoms with Crippen molar-refractivity contribution in [3.63, 3.8) is 0 Å². The van der Waals surface area contributed by atoms with Crippen molar-refractivity contribution in [1.82, 2.24) is 0 Å². The summed E-state index contributed by atoms with van der Waals surface area (Å²) in [7, 11) is 0. The van der Waals surface area contributed by atoms with Crippen LogP contribution in [0.2, 0.25) is 0 Å². The summed E-state index contributed by atoms with van der Waals surface area (Å²) < 4.78 is 34.8. The number of benzene rings is 1. The summed E-state index contributed by atoms with van der Waals surface area (Å²) in [5.74, 6) is -3.70. The second-order valence-corrected chi connectivity index (χ2v) is 8.75. The second kappa shape index (κ2) is 10.5. The molecule has 4 nitrogen and oxygen atoms in total. The van der Waals surface area contributed by atoms with Gasteiger partial charge in [0.1, 0.15) is 0 Å². The third-order valence-corrected chi connectivity index (χ3v) is 6.50. The molecule has 2 aliphatic rings. The highest BCUT2D eigenvalue weighted by Crippen LogP contribution is 2.42. The standard InChI is InChI=1S/C24H32F2O4/c25-24(26,13-11-17-5-2-1-3-6-17)14-12-19-20-10-9-18(7-4-8-23(28)29)16-30-22(20)15-21(19)27/h1-3,5-6,12,14,18-22,27H,4,7-11,13,15-16H2,(H,28,29)/b14-12+/t18?,19-,20-,21-,22+/m1/s1. The Morgan fingerprint density at radius 2 is 2.00 bits per heavy atom. The molecule has 1 heterocycles. The second-order valence-electron chi connectivity index (χ2n) is 8.75. The first-order valence-electron chi connectivity index (χ1n) is 11.0. The van der Waals surface area contributed by atoms with E-state index in [4.69, 9.17) is 9.84 Å². The Bertz CT molecular complexity index is 706. The number of hydrogen-bond donors (Lipinski definition) is 2. The van der Waals surface area contributed by atoms with Crippen molar-refractivity contribution >= 4 is 5.97 Å². The fourth-order valence-electron chi connectivity index (χ4n) is 4.78. The zero-order valence-corrected chi connectivity index (χ0v) is 17.3. The van der Waals surface area contributed by atoms with Gasteiger partial charge in [0.05, 0.1) is 12.2 Å². The number of rotatable bonds is 9. The van der Waals surface area contributed by atoms with E-state index in [1.807, 2.05) is 30.3 Å². The molecule has 0 spiro atoms. The number of aliphatic hydroxyl groups is 1. The summed E-state index contributed by atoms with van der Waals surface area (Å²) >= 11 is 0. The number of alkyl halides is 2. The lowest BCUT2D eigenvalue weighted by molar-refractivity contribution is -0.137. The van der Waals surface area contributed by atoms with Crippen LogP contribution in [-0.2, 0) is 16.0 Å². The van der Waals surface area contributed by atoms with Crippen molar-refractivity contribution in [2.75, 3.05) is 6.61 Å². The lowest BCUT2D eigenvalue weighted by Crippen LogP contribution is -2.22. The fourth-order valence-corrected chi connectivity index (χ4v) is 4.78. The Kier molecular flexibility index (Phi) is 8.00. The van der Waals surface area contributed by atoms with Gasteiger partial charge in [0.15, 0.2) is 0 Å². The number of ether oxygens (including phenoxy) is 1. The molecule has 1 saturated heterocycles. The van der Waals surface area contributed by atoms with Crippen LogP contribution in [-0.4, -0.2) is 40.9 Å². The zero-order valence-electron chi connectivity index (χ0n) is 17.3. The number of aliphatic carboxylic acids is 1. The van der Waals surface area contributed by atoms with Crippen LogP contribution in [0.1, 0.15) is 50.5 Å². The highest BCUT2D eigenvalue weighted by molar-refractivity contribution is 5.66. The van der Waals surface area contributed by atoms with E-state index in [1.165, 1.54) is 6.08 Å². The Hall–Kier alpha value is -1.79. The van der Waals surface area contributed by atoms with Gasteiger partial charge in [0.2, 0.25) is 0 Å². The van der Waals surface area contributed by atoms with Crippen LogP contribution in [0.3, 0.4) is 0 Å². The molecule has 2 fully saturated rings. The molecule has 0 amide bonds. The lowest BCUT2D eigenvalue weighted by Gasteiger charge is -2.21. The summed E-state index contributed by atoms with van der Waals surface area (Å²) in [6, 6.07) is 9.26. The normalized spacial score (nSPS) is 29.6. The summed E-state index contributed by atoms with van der Waals surface area (Å²) in [5.41, 5.74) is 0.887. The summed E-state index contributed by atoms with van der Waals surface area (Å²) in [5, 5.41) is 19.2. The van der Waals surface area contributed by atoms with E-state index in [-0.39, 0.29) is 30.8 Å². The minimum atomic E-state index is -2.92.